The molecule has 0 radical (unpaired) electrons. The Balaban J connectivity index is 0.970. The third kappa shape index (κ3) is 4.67. The van der Waals surface area contributed by atoms with Gasteiger partial charge in [0.1, 0.15) is 0 Å². The Hall–Kier alpha value is -6.94. The van der Waals surface area contributed by atoms with E-state index in [4.69, 9.17) is 0 Å². The predicted octanol–water partition coefficient (Wildman–Crippen LogP) is 14.7. The summed E-state index contributed by atoms with van der Waals surface area (Å²) < 4.78 is 7.43. The molecule has 3 aromatic heterocycles. The van der Waals surface area contributed by atoms with Gasteiger partial charge in [-0.15, -0.1) is 11.3 Å². The van der Waals surface area contributed by atoms with Crippen LogP contribution in [0.1, 0.15) is 0 Å². The minimum absolute atomic E-state index is 1.18. The van der Waals surface area contributed by atoms with E-state index in [1.807, 2.05) is 11.3 Å². The maximum Gasteiger partial charge on any atom is 0.0547 e. The van der Waals surface area contributed by atoms with Gasteiger partial charge in [0.15, 0.2) is 0 Å². The molecule has 0 atom stereocenters. The third-order valence-corrected chi connectivity index (χ3v) is 12.6. The van der Waals surface area contributed by atoms with Gasteiger partial charge in [-0.25, -0.2) is 0 Å². The standard InChI is InChI=1S/C52H32N2S/c1-2-12-39(13-3-1)53-47-16-8-6-14-41(47)43-24-19-35(29-49(43)53)37-21-26-45-46-27-22-38(32-52(46)55-51(45)31-37)36-20-25-44-42-15-7-9-17-48(42)54(50(44)30-36)40-23-18-33-10-4-5-11-34(33)28-40/h1-32H. The van der Waals surface area contributed by atoms with Crippen LogP contribution in [0.25, 0.3) is 108 Å². The van der Waals surface area contributed by atoms with Gasteiger partial charge < -0.3 is 9.13 Å². The highest BCUT2D eigenvalue weighted by Crippen LogP contribution is 2.41. The van der Waals surface area contributed by atoms with E-state index in [-0.39, 0.29) is 0 Å². The van der Waals surface area contributed by atoms with Gasteiger partial charge in [0.05, 0.1) is 22.1 Å². The number of benzene rings is 9. The summed E-state index contributed by atoms with van der Waals surface area (Å²) in [5, 5.41) is 10.2. The molecule has 2 nitrogen and oxygen atoms in total. The van der Waals surface area contributed by atoms with Crippen molar-refractivity contribution < 1.29 is 0 Å². The van der Waals surface area contributed by atoms with Crippen LogP contribution in [0.2, 0.25) is 0 Å². The Bertz CT molecular complexity index is 3490. The Kier molecular flexibility index (Phi) is 6.54. The first kappa shape index (κ1) is 30.5. The first-order valence-corrected chi connectivity index (χ1v) is 19.6. The van der Waals surface area contributed by atoms with Gasteiger partial charge in [0.25, 0.3) is 0 Å². The monoisotopic (exact) mass is 716 g/mol. The number of fused-ring (bicyclic) bond motifs is 10. The zero-order valence-electron chi connectivity index (χ0n) is 29.8. The lowest BCUT2D eigenvalue weighted by Crippen LogP contribution is -1.94. The summed E-state index contributed by atoms with van der Waals surface area (Å²) in [6.45, 7) is 0. The van der Waals surface area contributed by atoms with Crippen LogP contribution in [-0.2, 0) is 0 Å². The lowest BCUT2D eigenvalue weighted by molar-refractivity contribution is 1.18. The molecule has 0 aliphatic heterocycles. The molecule has 0 fully saturated rings. The van der Waals surface area contributed by atoms with Crippen molar-refractivity contribution in [3.8, 4) is 33.6 Å². The number of rotatable bonds is 4. The summed E-state index contributed by atoms with van der Waals surface area (Å²) in [5.41, 5.74) is 12.2. The minimum atomic E-state index is 1.18. The zero-order chi connectivity index (χ0) is 36.0. The molecule has 0 bridgehead atoms. The molecule has 0 saturated carbocycles. The number of hydrogen-bond donors (Lipinski definition) is 0. The fraction of sp³-hybridized carbons (Fsp3) is 0. The summed E-state index contributed by atoms with van der Waals surface area (Å²) in [6, 6.07) is 71.5. The normalized spacial score (nSPS) is 12.0. The highest BCUT2D eigenvalue weighted by atomic mass is 32.1. The van der Waals surface area contributed by atoms with Crippen molar-refractivity contribution in [1.29, 1.82) is 0 Å². The lowest BCUT2D eigenvalue weighted by atomic mass is 10.00. The molecule has 9 aromatic carbocycles. The number of thiophene rings is 1. The van der Waals surface area contributed by atoms with Crippen LogP contribution in [0.15, 0.2) is 194 Å². The van der Waals surface area contributed by atoms with E-state index in [0.717, 1.165) is 0 Å². The van der Waals surface area contributed by atoms with Crippen LogP contribution in [0.3, 0.4) is 0 Å². The van der Waals surface area contributed by atoms with Crippen molar-refractivity contribution in [2.75, 3.05) is 0 Å². The lowest BCUT2D eigenvalue weighted by Gasteiger charge is -2.10. The summed E-state index contributed by atoms with van der Waals surface area (Å²) in [6.07, 6.45) is 0. The van der Waals surface area contributed by atoms with Crippen LogP contribution in [0, 0.1) is 0 Å². The van der Waals surface area contributed by atoms with Gasteiger partial charge >= 0.3 is 0 Å². The quantitative estimate of drug-likeness (QED) is 0.172. The molecule has 0 aliphatic carbocycles. The Morgan fingerprint density at radius 2 is 0.727 bits per heavy atom. The van der Waals surface area contributed by atoms with E-state index in [2.05, 4.69) is 203 Å². The van der Waals surface area contributed by atoms with E-state index in [9.17, 15) is 0 Å². The average Bonchev–Trinajstić information content (AvgIpc) is 3.90. The highest BCUT2D eigenvalue weighted by molar-refractivity contribution is 7.25. The van der Waals surface area contributed by atoms with Crippen molar-refractivity contribution in [2.45, 2.75) is 0 Å². The Labute approximate surface area is 321 Å². The minimum Gasteiger partial charge on any atom is -0.309 e. The second-order valence-electron chi connectivity index (χ2n) is 14.6. The molecule has 12 aromatic rings. The molecule has 3 heterocycles. The fourth-order valence-corrected chi connectivity index (χ4v) is 10.1. The van der Waals surface area contributed by atoms with Crippen LogP contribution in [-0.4, -0.2) is 9.13 Å². The molecule has 0 spiro atoms. The van der Waals surface area contributed by atoms with Crippen LogP contribution in [0.5, 0.6) is 0 Å². The average molecular weight is 717 g/mol. The molecule has 3 heteroatoms. The largest absolute Gasteiger partial charge is 0.309 e. The van der Waals surface area contributed by atoms with Crippen molar-refractivity contribution >= 4 is 85.9 Å². The number of hydrogen-bond acceptors (Lipinski definition) is 1. The molecule has 0 unspecified atom stereocenters. The predicted molar refractivity (Wildman–Crippen MR) is 236 cm³/mol. The summed E-state index contributed by atoms with van der Waals surface area (Å²) >= 11 is 1.88. The van der Waals surface area contributed by atoms with Crippen molar-refractivity contribution in [3.05, 3.63) is 194 Å². The first-order valence-electron chi connectivity index (χ1n) is 18.8. The zero-order valence-corrected chi connectivity index (χ0v) is 30.6. The molecular formula is C52H32N2S. The highest BCUT2D eigenvalue weighted by Gasteiger charge is 2.16. The summed E-state index contributed by atoms with van der Waals surface area (Å²) in [5.74, 6) is 0. The second-order valence-corrected chi connectivity index (χ2v) is 15.6. The van der Waals surface area contributed by atoms with Gasteiger partial charge in [-0.3, -0.25) is 0 Å². The molecule has 0 saturated heterocycles. The summed E-state index contributed by atoms with van der Waals surface area (Å²) in [4.78, 5) is 0. The van der Waals surface area contributed by atoms with E-state index < -0.39 is 0 Å². The van der Waals surface area contributed by atoms with E-state index in [1.165, 1.54) is 108 Å². The molecule has 55 heavy (non-hydrogen) atoms. The summed E-state index contributed by atoms with van der Waals surface area (Å²) in [7, 11) is 0. The maximum atomic E-state index is 2.43. The van der Waals surface area contributed by atoms with Gasteiger partial charge in [-0.1, -0.05) is 133 Å². The molecule has 256 valence electrons. The van der Waals surface area contributed by atoms with Gasteiger partial charge in [0.2, 0.25) is 0 Å². The molecule has 0 amide bonds. The number of nitrogens with zero attached hydrogens (tertiary/aromatic N) is 2. The van der Waals surface area contributed by atoms with Crippen molar-refractivity contribution in [3.63, 3.8) is 0 Å². The molecule has 12 rings (SSSR count). The second kappa shape index (κ2) is 11.8. The van der Waals surface area contributed by atoms with Crippen LogP contribution in [0.4, 0.5) is 0 Å². The van der Waals surface area contributed by atoms with Gasteiger partial charge in [-0.05, 0) is 93.7 Å². The van der Waals surface area contributed by atoms with Crippen molar-refractivity contribution in [2.24, 2.45) is 0 Å². The van der Waals surface area contributed by atoms with Gasteiger partial charge in [-0.2, -0.15) is 0 Å². The number of para-hydroxylation sites is 3. The van der Waals surface area contributed by atoms with E-state index in [0.29, 0.717) is 0 Å². The third-order valence-electron chi connectivity index (χ3n) is 11.5. The maximum absolute atomic E-state index is 2.43. The Morgan fingerprint density at radius 1 is 0.273 bits per heavy atom. The molecule has 0 aliphatic rings. The van der Waals surface area contributed by atoms with Crippen LogP contribution >= 0.6 is 11.3 Å². The van der Waals surface area contributed by atoms with E-state index in [1.54, 1.807) is 0 Å². The number of aromatic nitrogens is 2. The van der Waals surface area contributed by atoms with Crippen molar-refractivity contribution in [1.82, 2.24) is 9.13 Å². The molecule has 0 N–H and O–H groups in total. The fourth-order valence-electron chi connectivity index (χ4n) is 8.89. The first-order chi connectivity index (χ1) is 27.2. The van der Waals surface area contributed by atoms with E-state index >= 15 is 0 Å². The molecular weight excluding hydrogens is 685 g/mol. The topological polar surface area (TPSA) is 9.86 Å². The smallest absolute Gasteiger partial charge is 0.0547 e. The van der Waals surface area contributed by atoms with Gasteiger partial charge in [0, 0.05) is 53.1 Å². The van der Waals surface area contributed by atoms with Crippen LogP contribution < -0.4 is 0 Å². The Morgan fingerprint density at radius 3 is 1.33 bits per heavy atom. The SMILES string of the molecule is c1ccc(-n2c3ccccc3c3ccc(-c4ccc5c(c4)sc4cc(-c6ccc7c8ccccc8n(-c8ccc9ccccc9c8)c7c6)ccc45)cc32)cc1.